The predicted molar refractivity (Wildman–Crippen MR) is 80.3 cm³/mol. The van der Waals surface area contributed by atoms with E-state index < -0.39 is 0 Å². The van der Waals surface area contributed by atoms with Crippen LogP contribution in [0, 0.1) is 5.92 Å². The molecule has 1 aromatic rings. The van der Waals surface area contributed by atoms with Crippen molar-refractivity contribution in [3.05, 3.63) is 29.8 Å². The molecule has 1 aliphatic rings. The standard InChI is InChI=1S/C16H20N2O3/c1-12(20)14-4-2-3-5-15(14)17-16(21)10-18-8-6-13(11-19)7-9-18/h2-5,11,13H,6-10H2,1H3,(H,17,21). The molecule has 1 heterocycles. The number of anilines is 1. The fraction of sp³-hybridized carbons (Fsp3) is 0.438. The summed E-state index contributed by atoms with van der Waals surface area (Å²) in [4.78, 5) is 36.3. The van der Waals surface area contributed by atoms with Crippen LogP contribution >= 0.6 is 0 Å². The largest absolute Gasteiger partial charge is 0.324 e. The molecule has 5 heteroatoms. The van der Waals surface area contributed by atoms with Crippen LogP contribution in [0.25, 0.3) is 0 Å². The van der Waals surface area contributed by atoms with Crippen LogP contribution in [0.2, 0.25) is 0 Å². The average Bonchev–Trinajstić information content (AvgIpc) is 2.48. The van der Waals surface area contributed by atoms with E-state index in [2.05, 4.69) is 5.32 Å². The quantitative estimate of drug-likeness (QED) is 0.662. The Hall–Kier alpha value is -2.01. The molecule has 0 unspecified atom stereocenters. The average molecular weight is 288 g/mol. The second-order valence-corrected chi connectivity index (χ2v) is 5.40. The number of amides is 1. The van der Waals surface area contributed by atoms with E-state index in [-0.39, 0.29) is 24.2 Å². The van der Waals surface area contributed by atoms with Crippen molar-refractivity contribution in [3.8, 4) is 0 Å². The van der Waals surface area contributed by atoms with Crippen LogP contribution in [0.5, 0.6) is 0 Å². The molecule has 0 bridgehead atoms. The van der Waals surface area contributed by atoms with Crippen molar-refractivity contribution in [2.45, 2.75) is 19.8 Å². The molecule has 2 rings (SSSR count). The molecule has 0 radical (unpaired) electrons. The highest BCUT2D eigenvalue weighted by atomic mass is 16.2. The highest BCUT2D eigenvalue weighted by Gasteiger charge is 2.20. The zero-order chi connectivity index (χ0) is 15.2. The summed E-state index contributed by atoms with van der Waals surface area (Å²) in [7, 11) is 0. The lowest BCUT2D eigenvalue weighted by atomic mass is 9.99. The van der Waals surface area contributed by atoms with E-state index in [4.69, 9.17) is 0 Å². The van der Waals surface area contributed by atoms with E-state index in [1.165, 1.54) is 6.92 Å². The summed E-state index contributed by atoms with van der Waals surface area (Å²) in [6.45, 7) is 3.28. The predicted octanol–water partition coefficient (Wildman–Crippen LogP) is 1.74. The third kappa shape index (κ3) is 4.23. The number of rotatable bonds is 5. The van der Waals surface area contributed by atoms with Crippen LogP contribution in [-0.4, -0.2) is 42.5 Å². The Morgan fingerprint density at radius 1 is 1.29 bits per heavy atom. The van der Waals surface area contributed by atoms with Gasteiger partial charge in [0.15, 0.2) is 5.78 Å². The van der Waals surface area contributed by atoms with Gasteiger partial charge in [0.1, 0.15) is 6.29 Å². The second-order valence-electron chi connectivity index (χ2n) is 5.40. The van der Waals surface area contributed by atoms with E-state index in [1.807, 2.05) is 4.90 Å². The number of likely N-dealkylation sites (tertiary alicyclic amines) is 1. The molecule has 0 atom stereocenters. The first-order valence-corrected chi connectivity index (χ1v) is 7.17. The third-order valence-electron chi connectivity index (χ3n) is 3.77. The summed E-state index contributed by atoms with van der Waals surface area (Å²) in [5.41, 5.74) is 1.07. The third-order valence-corrected chi connectivity index (χ3v) is 3.77. The number of ketones is 1. The lowest BCUT2D eigenvalue weighted by molar-refractivity contribution is -0.117. The number of para-hydroxylation sites is 1. The Balaban J connectivity index is 1.91. The van der Waals surface area contributed by atoms with Crippen LogP contribution in [0.15, 0.2) is 24.3 Å². The maximum atomic E-state index is 12.1. The van der Waals surface area contributed by atoms with Crippen molar-refractivity contribution in [1.29, 1.82) is 0 Å². The van der Waals surface area contributed by atoms with Gasteiger partial charge in [-0.05, 0) is 45.0 Å². The Morgan fingerprint density at radius 3 is 2.57 bits per heavy atom. The number of hydrogen-bond acceptors (Lipinski definition) is 4. The maximum absolute atomic E-state index is 12.1. The van der Waals surface area contributed by atoms with Gasteiger partial charge in [-0.15, -0.1) is 0 Å². The SMILES string of the molecule is CC(=O)c1ccccc1NC(=O)CN1CCC(C=O)CC1. The van der Waals surface area contributed by atoms with Crippen molar-refractivity contribution >= 4 is 23.7 Å². The topological polar surface area (TPSA) is 66.5 Å². The second kappa shape index (κ2) is 7.13. The van der Waals surface area contributed by atoms with Crippen molar-refractivity contribution in [2.24, 2.45) is 5.92 Å². The smallest absolute Gasteiger partial charge is 0.238 e. The van der Waals surface area contributed by atoms with Crippen molar-refractivity contribution in [1.82, 2.24) is 4.90 Å². The van der Waals surface area contributed by atoms with Gasteiger partial charge in [-0.2, -0.15) is 0 Å². The molecule has 1 N–H and O–H groups in total. The minimum absolute atomic E-state index is 0.0716. The Morgan fingerprint density at radius 2 is 1.95 bits per heavy atom. The first kappa shape index (κ1) is 15.4. The Labute approximate surface area is 124 Å². The molecule has 112 valence electrons. The van der Waals surface area contributed by atoms with Gasteiger partial charge in [-0.25, -0.2) is 0 Å². The molecule has 1 aliphatic heterocycles. The molecular weight excluding hydrogens is 268 g/mol. The summed E-state index contributed by atoms with van der Waals surface area (Å²) in [6.07, 6.45) is 2.61. The zero-order valence-electron chi connectivity index (χ0n) is 12.2. The summed E-state index contributed by atoms with van der Waals surface area (Å²) in [6, 6.07) is 7.00. The lowest BCUT2D eigenvalue weighted by Crippen LogP contribution is -2.39. The monoisotopic (exact) mass is 288 g/mol. The first-order chi connectivity index (χ1) is 10.1. The van der Waals surface area contributed by atoms with Gasteiger partial charge >= 0.3 is 0 Å². The number of nitrogens with zero attached hydrogens (tertiary/aromatic N) is 1. The first-order valence-electron chi connectivity index (χ1n) is 7.17. The molecule has 1 aromatic carbocycles. The van der Waals surface area contributed by atoms with Gasteiger partial charge < -0.3 is 10.1 Å². The summed E-state index contributed by atoms with van der Waals surface area (Å²) in [5, 5.41) is 2.79. The minimum atomic E-state index is -0.131. The van der Waals surface area contributed by atoms with Gasteiger partial charge in [-0.1, -0.05) is 12.1 Å². The molecule has 5 nitrogen and oxygen atoms in total. The van der Waals surface area contributed by atoms with Crippen LogP contribution in [0.4, 0.5) is 5.69 Å². The highest BCUT2D eigenvalue weighted by molar-refractivity contribution is 6.04. The normalized spacial score (nSPS) is 16.4. The van der Waals surface area contributed by atoms with Gasteiger partial charge in [-0.3, -0.25) is 14.5 Å². The van der Waals surface area contributed by atoms with Gasteiger partial charge in [0, 0.05) is 11.5 Å². The Bertz CT molecular complexity index is 534. The van der Waals surface area contributed by atoms with E-state index in [9.17, 15) is 14.4 Å². The molecule has 0 saturated carbocycles. The fourth-order valence-corrected chi connectivity index (χ4v) is 2.54. The number of aldehydes is 1. The van der Waals surface area contributed by atoms with Crippen LogP contribution in [-0.2, 0) is 9.59 Å². The van der Waals surface area contributed by atoms with E-state index >= 15 is 0 Å². The van der Waals surface area contributed by atoms with Crippen molar-refractivity contribution < 1.29 is 14.4 Å². The number of benzene rings is 1. The summed E-state index contributed by atoms with van der Waals surface area (Å²) in [5.74, 6) is -0.0753. The summed E-state index contributed by atoms with van der Waals surface area (Å²) >= 11 is 0. The highest BCUT2D eigenvalue weighted by Crippen LogP contribution is 2.17. The fourth-order valence-electron chi connectivity index (χ4n) is 2.54. The molecular formula is C16H20N2O3. The van der Waals surface area contributed by atoms with Crippen LogP contribution < -0.4 is 5.32 Å². The molecule has 1 saturated heterocycles. The molecule has 0 spiro atoms. The van der Waals surface area contributed by atoms with E-state index in [1.54, 1.807) is 24.3 Å². The maximum Gasteiger partial charge on any atom is 0.238 e. The number of hydrogen-bond donors (Lipinski definition) is 1. The molecule has 0 aromatic heterocycles. The van der Waals surface area contributed by atoms with E-state index in [0.29, 0.717) is 11.3 Å². The zero-order valence-corrected chi connectivity index (χ0v) is 12.2. The number of Topliss-reactive ketones (excluding diaryl/α,β-unsaturated/α-hetero) is 1. The van der Waals surface area contributed by atoms with Crippen molar-refractivity contribution in [2.75, 3.05) is 25.0 Å². The number of carbonyl (C=O) groups is 3. The molecule has 21 heavy (non-hydrogen) atoms. The Kier molecular flexibility index (Phi) is 5.22. The number of nitrogens with one attached hydrogen (secondary N) is 1. The number of carbonyl (C=O) groups excluding carboxylic acids is 3. The van der Waals surface area contributed by atoms with Gasteiger partial charge in [0.2, 0.25) is 5.91 Å². The van der Waals surface area contributed by atoms with E-state index in [0.717, 1.165) is 32.2 Å². The minimum Gasteiger partial charge on any atom is -0.324 e. The van der Waals surface area contributed by atoms with Gasteiger partial charge in [0.25, 0.3) is 0 Å². The summed E-state index contributed by atoms with van der Waals surface area (Å²) < 4.78 is 0. The van der Waals surface area contributed by atoms with Crippen molar-refractivity contribution in [3.63, 3.8) is 0 Å². The molecule has 1 fully saturated rings. The van der Waals surface area contributed by atoms with Crippen LogP contribution in [0.1, 0.15) is 30.1 Å². The number of piperidine rings is 1. The van der Waals surface area contributed by atoms with Gasteiger partial charge in [0.05, 0.1) is 12.2 Å². The lowest BCUT2D eigenvalue weighted by Gasteiger charge is -2.28. The van der Waals surface area contributed by atoms with Crippen LogP contribution in [0.3, 0.4) is 0 Å². The molecule has 1 amide bonds. The molecule has 0 aliphatic carbocycles.